The first-order valence-electron chi connectivity index (χ1n) is 8.60. The van der Waals surface area contributed by atoms with Crippen LogP contribution in [0.15, 0.2) is 24.3 Å². The number of aliphatic hydroxyl groups excluding tert-OH is 1. The molecule has 1 saturated heterocycles. The second-order valence-corrected chi connectivity index (χ2v) is 7.30. The minimum atomic E-state index is -0.520. The predicted octanol–water partition coefficient (Wildman–Crippen LogP) is 3.56. The molecule has 1 N–H and O–H groups in total. The Bertz CT molecular complexity index is 535. The molecule has 0 unspecified atom stereocenters. The van der Waals surface area contributed by atoms with E-state index in [9.17, 15) is 9.90 Å². The molecule has 2 rings (SSSR count). The number of likely N-dealkylation sites (tertiary alicyclic amines) is 1. The van der Waals surface area contributed by atoms with Gasteiger partial charge in [0, 0.05) is 18.5 Å². The highest BCUT2D eigenvalue weighted by molar-refractivity contribution is 5.69. The number of methoxy groups -OCH3 is 1. The van der Waals surface area contributed by atoms with Gasteiger partial charge in [-0.1, -0.05) is 12.1 Å². The number of benzene rings is 1. The monoisotopic (exact) mass is 335 g/mol. The highest BCUT2D eigenvalue weighted by atomic mass is 16.6. The lowest BCUT2D eigenvalue weighted by Crippen LogP contribution is -2.49. The zero-order chi connectivity index (χ0) is 17.7. The van der Waals surface area contributed by atoms with Crippen LogP contribution < -0.4 is 4.74 Å². The van der Waals surface area contributed by atoms with Gasteiger partial charge in [-0.25, -0.2) is 4.79 Å². The fraction of sp³-hybridized carbons (Fsp3) is 0.632. The Morgan fingerprint density at radius 1 is 1.29 bits per heavy atom. The van der Waals surface area contributed by atoms with Gasteiger partial charge in [-0.15, -0.1) is 0 Å². The Morgan fingerprint density at radius 3 is 2.50 bits per heavy atom. The number of hydrogen-bond donors (Lipinski definition) is 1. The quantitative estimate of drug-likeness (QED) is 0.914. The summed E-state index contributed by atoms with van der Waals surface area (Å²) < 4.78 is 10.8. The second-order valence-electron chi connectivity index (χ2n) is 7.30. The van der Waals surface area contributed by atoms with Gasteiger partial charge in [0.05, 0.1) is 13.7 Å². The Morgan fingerprint density at radius 2 is 1.96 bits per heavy atom. The minimum Gasteiger partial charge on any atom is -0.497 e. The molecule has 1 amide bonds. The van der Waals surface area contributed by atoms with Crippen LogP contribution in [0.4, 0.5) is 4.79 Å². The maximum atomic E-state index is 12.6. The summed E-state index contributed by atoms with van der Waals surface area (Å²) in [5.41, 5.74) is 0.493. The molecule has 2 atom stereocenters. The maximum Gasteiger partial charge on any atom is 0.410 e. The average molecular weight is 335 g/mol. The van der Waals surface area contributed by atoms with Gasteiger partial charge in [0.25, 0.3) is 0 Å². The normalized spacial score (nSPS) is 19.7. The number of piperidine rings is 1. The molecule has 1 aliphatic rings. The predicted molar refractivity (Wildman–Crippen MR) is 93.4 cm³/mol. The number of hydrogen-bond acceptors (Lipinski definition) is 4. The molecule has 24 heavy (non-hydrogen) atoms. The zero-order valence-electron chi connectivity index (χ0n) is 15.1. The van der Waals surface area contributed by atoms with E-state index in [1.165, 1.54) is 0 Å². The molecule has 0 spiro atoms. The summed E-state index contributed by atoms with van der Waals surface area (Å²) in [7, 11) is 1.63. The van der Waals surface area contributed by atoms with Crippen LogP contribution in [0.2, 0.25) is 0 Å². The lowest BCUT2D eigenvalue weighted by atomic mass is 9.86. The van der Waals surface area contributed by atoms with Crippen molar-refractivity contribution in [2.45, 2.75) is 57.6 Å². The topological polar surface area (TPSA) is 59.0 Å². The third kappa shape index (κ3) is 4.63. The van der Waals surface area contributed by atoms with Gasteiger partial charge in [0.15, 0.2) is 0 Å². The van der Waals surface area contributed by atoms with Crippen LogP contribution in [0.25, 0.3) is 0 Å². The van der Waals surface area contributed by atoms with E-state index < -0.39 is 5.60 Å². The van der Waals surface area contributed by atoms with Gasteiger partial charge in [-0.2, -0.15) is 0 Å². The van der Waals surface area contributed by atoms with Crippen molar-refractivity contribution < 1.29 is 19.4 Å². The third-order valence-corrected chi connectivity index (χ3v) is 4.38. The molecule has 1 fully saturated rings. The Labute approximate surface area is 144 Å². The molecule has 1 aromatic rings. The van der Waals surface area contributed by atoms with E-state index >= 15 is 0 Å². The number of nitrogens with zero attached hydrogens (tertiary/aromatic N) is 1. The Hall–Kier alpha value is -1.75. The van der Waals surface area contributed by atoms with Crippen LogP contribution in [-0.2, 0) is 4.74 Å². The fourth-order valence-corrected chi connectivity index (χ4v) is 3.22. The van der Waals surface area contributed by atoms with E-state index in [1.54, 1.807) is 12.0 Å². The molecule has 1 aromatic carbocycles. The highest BCUT2D eigenvalue weighted by Gasteiger charge is 2.35. The van der Waals surface area contributed by atoms with Crippen molar-refractivity contribution in [1.29, 1.82) is 0 Å². The van der Waals surface area contributed by atoms with E-state index in [0.717, 1.165) is 30.6 Å². The zero-order valence-corrected chi connectivity index (χ0v) is 15.1. The van der Waals surface area contributed by atoms with Crippen molar-refractivity contribution in [3.63, 3.8) is 0 Å². The number of carbonyl (C=O) groups excluding carboxylic acids is 1. The van der Waals surface area contributed by atoms with E-state index in [1.807, 2.05) is 45.0 Å². The number of aliphatic hydroxyl groups is 1. The standard InChI is InChI=1S/C19H29NO4/c1-19(2,3)24-18(22)20-12-6-5-7-17(20)16(13-21)14-8-10-15(23-4)11-9-14/h8-11,16-17,21H,5-7,12-13H2,1-4H3/t16-,17+/m1/s1. The first kappa shape index (κ1) is 18.6. The van der Waals surface area contributed by atoms with E-state index in [4.69, 9.17) is 9.47 Å². The number of amides is 1. The van der Waals surface area contributed by atoms with Crippen molar-refractivity contribution >= 4 is 6.09 Å². The average Bonchev–Trinajstić information content (AvgIpc) is 2.55. The summed E-state index contributed by atoms with van der Waals surface area (Å²) in [5.74, 6) is 0.659. The van der Waals surface area contributed by atoms with Crippen molar-refractivity contribution in [2.75, 3.05) is 20.3 Å². The smallest absolute Gasteiger partial charge is 0.410 e. The van der Waals surface area contributed by atoms with Crippen LogP contribution >= 0.6 is 0 Å². The molecule has 1 aliphatic heterocycles. The van der Waals surface area contributed by atoms with Crippen LogP contribution in [0, 0.1) is 0 Å². The third-order valence-electron chi connectivity index (χ3n) is 4.38. The van der Waals surface area contributed by atoms with Crippen LogP contribution in [0.3, 0.4) is 0 Å². The molecule has 0 bridgehead atoms. The van der Waals surface area contributed by atoms with Crippen LogP contribution in [0.5, 0.6) is 5.75 Å². The Balaban J connectivity index is 2.21. The molecule has 0 aromatic heterocycles. The molecule has 5 nitrogen and oxygen atoms in total. The van der Waals surface area contributed by atoms with Gasteiger partial charge in [0.2, 0.25) is 0 Å². The molecule has 134 valence electrons. The lowest BCUT2D eigenvalue weighted by Gasteiger charge is -2.40. The van der Waals surface area contributed by atoms with Crippen molar-refractivity contribution in [3.8, 4) is 5.75 Å². The molecular formula is C19H29NO4. The van der Waals surface area contributed by atoms with E-state index in [2.05, 4.69) is 0 Å². The van der Waals surface area contributed by atoms with Gasteiger partial charge in [0.1, 0.15) is 11.4 Å². The molecule has 5 heteroatoms. The van der Waals surface area contributed by atoms with Crippen molar-refractivity contribution in [1.82, 2.24) is 4.90 Å². The highest BCUT2D eigenvalue weighted by Crippen LogP contribution is 2.32. The van der Waals surface area contributed by atoms with Crippen LogP contribution in [-0.4, -0.2) is 48.0 Å². The summed E-state index contributed by atoms with van der Waals surface area (Å²) in [5, 5.41) is 9.98. The number of carbonyl (C=O) groups is 1. The minimum absolute atomic E-state index is 0.00368. The molecule has 0 aliphatic carbocycles. The molecule has 1 heterocycles. The van der Waals surface area contributed by atoms with Crippen molar-refractivity contribution in [2.24, 2.45) is 0 Å². The van der Waals surface area contributed by atoms with Gasteiger partial charge < -0.3 is 19.5 Å². The second kappa shape index (κ2) is 7.88. The van der Waals surface area contributed by atoms with E-state index in [-0.39, 0.29) is 24.7 Å². The van der Waals surface area contributed by atoms with E-state index in [0.29, 0.717) is 6.54 Å². The summed E-state index contributed by atoms with van der Waals surface area (Å²) in [6, 6.07) is 7.65. The van der Waals surface area contributed by atoms with Crippen LogP contribution in [0.1, 0.15) is 51.5 Å². The fourth-order valence-electron chi connectivity index (χ4n) is 3.22. The summed E-state index contributed by atoms with van der Waals surface area (Å²) in [4.78, 5) is 14.4. The first-order valence-corrected chi connectivity index (χ1v) is 8.60. The lowest BCUT2D eigenvalue weighted by molar-refractivity contribution is 0.00347. The molecular weight excluding hydrogens is 306 g/mol. The maximum absolute atomic E-state index is 12.6. The molecule has 0 saturated carbocycles. The number of rotatable bonds is 4. The largest absolute Gasteiger partial charge is 0.497 e. The molecule has 0 radical (unpaired) electrons. The SMILES string of the molecule is COc1ccc([C@@H](CO)[C@@H]2CCCCN2C(=O)OC(C)(C)C)cc1. The Kier molecular flexibility index (Phi) is 6.10. The van der Waals surface area contributed by atoms with Crippen molar-refractivity contribution in [3.05, 3.63) is 29.8 Å². The number of ether oxygens (including phenoxy) is 2. The van der Waals surface area contributed by atoms with Gasteiger partial charge in [-0.3, -0.25) is 0 Å². The summed E-state index contributed by atoms with van der Waals surface area (Å²) in [6.07, 6.45) is 2.60. The van der Waals surface area contributed by atoms with Gasteiger partial charge in [-0.05, 0) is 57.7 Å². The summed E-state index contributed by atoms with van der Waals surface area (Å²) in [6.45, 7) is 6.28. The first-order chi connectivity index (χ1) is 11.4. The summed E-state index contributed by atoms with van der Waals surface area (Å²) >= 11 is 0. The van der Waals surface area contributed by atoms with Gasteiger partial charge >= 0.3 is 6.09 Å².